The van der Waals surface area contributed by atoms with Crippen molar-refractivity contribution in [2.24, 2.45) is 0 Å². The Labute approximate surface area is 119 Å². The third-order valence-electron chi connectivity index (χ3n) is 3.44. The number of hydrogen-bond donors (Lipinski definition) is 2. The maximum atomic E-state index is 13.6. The molecule has 0 amide bonds. The largest absolute Gasteiger partial charge is 0.508 e. The van der Waals surface area contributed by atoms with Crippen molar-refractivity contribution in [2.45, 2.75) is 32.2 Å². The summed E-state index contributed by atoms with van der Waals surface area (Å²) in [6.45, 7) is 2.09. The lowest BCUT2D eigenvalue weighted by atomic mass is 10.0. The topological polar surface area (TPSA) is 32.3 Å². The minimum Gasteiger partial charge on any atom is -0.508 e. The Morgan fingerprint density at radius 3 is 2.45 bits per heavy atom. The van der Waals surface area contributed by atoms with Gasteiger partial charge in [0.15, 0.2) is 0 Å². The van der Waals surface area contributed by atoms with E-state index in [-0.39, 0.29) is 17.6 Å². The number of hydrogen-bond acceptors (Lipinski definition) is 2. The number of phenols is 1. The van der Waals surface area contributed by atoms with Crippen LogP contribution in [0.3, 0.4) is 0 Å². The van der Waals surface area contributed by atoms with E-state index < -0.39 is 0 Å². The number of aryl methyl sites for hydroxylation is 1. The summed E-state index contributed by atoms with van der Waals surface area (Å²) in [6, 6.07) is 14.2. The van der Waals surface area contributed by atoms with Crippen LogP contribution < -0.4 is 5.32 Å². The van der Waals surface area contributed by atoms with Crippen LogP contribution in [0.25, 0.3) is 0 Å². The first-order chi connectivity index (χ1) is 9.69. The van der Waals surface area contributed by atoms with Crippen molar-refractivity contribution in [1.82, 2.24) is 0 Å². The van der Waals surface area contributed by atoms with Crippen LogP contribution in [-0.2, 0) is 6.42 Å². The number of para-hydroxylation sites is 1. The van der Waals surface area contributed by atoms with Gasteiger partial charge in [-0.25, -0.2) is 4.39 Å². The summed E-state index contributed by atoms with van der Waals surface area (Å²) >= 11 is 0. The lowest BCUT2D eigenvalue weighted by Crippen LogP contribution is -2.20. The van der Waals surface area contributed by atoms with Gasteiger partial charge < -0.3 is 10.4 Å². The fraction of sp³-hybridized carbons (Fsp3) is 0.294. The normalized spacial score (nSPS) is 12.1. The summed E-state index contributed by atoms with van der Waals surface area (Å²) in [6.07, 6.45) is 2.77. The molecule has 3 heteroatoms. The fourth-order valence-electron chi connectivity index (χ4n) is 2.18. The summed E-state index contributed by atoms with van der Waals surface area (Å²) in [4.78, 5) is 0. The van der Waals surface area contributed by atoms with Crippen LogP contribution >= 0.6 is 0 Å². The summed E-state index contributed by atoms with van der Waals surface area (Å²) < 4.78 is 13.6. The highest BCUT2D eigenvalue weighted by atomic mass is 19.1. The van der Waals surface area contributed by atoms with Gasteiger partial charge in [-0.05, 0) is 49.1 Å². The molecular weight excluding hydrogens is 253 g/mol. The fourth-order valence-corrected chi connectivity index (χ4v) is 2.18. The third-order valence-corrected chi connectivity index (χ3v) is 3.44. The number of anilines is 1. The lowest BCUT2D eigenvalue weighted by Gasteiger charge is -2.18. The molecule has 106 valence electrons. The third kappa shape index (κ3) is 3.98. The molecular formula is C17H20FNO. The van der Waals surface area contributed by atoms with Gasteiger partial charge in [-0.1, -0.05) is 31.2 Å². The van der Waals surface area contributed by atoms with E-state index in [1.807, 2.05) is 18.2 Å². The van der Waals surface area contributed by atoms with Gasteiger partial charge >= 0.3 is 0 Å². The molecule has 0 aliphatic heterocycles. The Kier molecular flexibility index (Phi) is 4.99. The molecule has 20 heavy (non-hydrogen) atoms. The molecule has 0 spiro atoms. The van der Waals surface area contributed by atoms with Gasteiger partial charge in [-0.2, -0.15) is 0 Å². The summed E-state index contributed by atoms with van der Waals surface area (Å²) in [5.41, 5.74) is 1.74. The lowest BCUT2D eigenvalue weighted by molar-refractivity contribution is 0.475. The first-order valence-corrected chi connectivity index (χ1v) is 6.98. The smallest absolute Gasteiger partial charge is 0.146 e. The van der Waals surface area contributed by atoms with Crippen LogP contribution in [-0.4, -0.2) is 11.1 Å². The minimum absolute atomic E-state index is 0.212. The highest BCUT2D eigenvalue weighted by Gasteiger charge is 2.09. The Balaban J connectivity index is 1.92. The van der Waals surface area contributed by atoms with Gasteiger partial charge in [0.1, 0.15) is 11.6 Å². The van der Waals surface area contributed by atoms with Crippen molar-refractivity contribution in [1.29, 1.82) is 0 Å². The summed E-state index contributed by atoms with van der Waals surface area (Å²) in [5.74, 6) is 0.0702. The van der Waals surface area contributed by atoms with E-state index in [0.717, 1.165) is 19.3 Å². The first kappa shape index (κ1) is 14.4. The number of benzene rings is 2. The van der Waals surface area contributed by atoms with Crippen molar-refractivity contribution in [3.8, 4) is 5.75 Å². The Morgan fingerprint density at radius 2 is 1.80 bits per heavy atom. The second kappa shape index (κ2) is 6.94. The average Bonchev–Trinajstić information content (AvgIpc) is 2.47. The van der Waals surface area contributed by atoms with Crippen LogP contribution in [0.15, 0.2) is 48.5 Å². The Hall–Kier alpha value is -2.03. The first-order valence-electron chi connectivity index (χ1n) is 6.98. The molecule has 0 aromatic heterocycles. The molecule has 0 bridgehead atoms. The maximum absolute atomic E-state index is 13.6. The van der Waals surface area contributed by atoms with E-state index >= 15 is 0 Å². The van der Waals surface area contributed by atoms with Gasteiger partial charge in [0.25, 0.3) is 0 Å². The molecule has 2 aromatic carbocycles. The molecule has 1 atom stereocenters. The molecule has 0 radical (unpaired) electrons. The standard InChI is InChI=1S/C17H20FNO/c1-2-14(19-17-6-4-3-5-16(17)18)10-7-13-8-11-15(20)12-9-13/h3-6,8-9,11-12,14,19-20H,2,7,10H2,1H3. The Bertz CT molecular complexity index is 539. The summed E-state index contributed by atoms with van der Waals surface area (Å²) in [7, 11) is 0. The van der Waals surface area contributed by atoms with Crippen molar-refractivity contribution < 1.29 is 9.50 Å². The van der Waals surface area contributed by atoms with Crippen molar-refractivity contribution in [2.75, 3.05) is 5.32 Å². The number of nitrogens with one attached hydrogen (secondary N) is 1. The number of aromatic hydroxyl groups is 1. The highest BCUT2D eigenvalue weighted by Crippen LogP contribution is 2.18. The van der Waals surface area contributed by atoms with Gasteiger partial charge in [0.2, 0.25) is 0 Å². The zero-order chi connectivity index (χ0) is 14.4. The van der Waals surface area contributed by atoms with Gasteiger partial charge in [-0.15, -0.1) is 0 Å². The molecule has 0 saturated carbocycles. The highest BCUT2D eigenvalue weighted by molar-refractivity contribution is 5.45. The quantitative estimate of drug-likeness (QED) is 0.820. The maximum Gasteiger partial charge on any atom is 0.146 e. The van der Waals surface area contributed by atoms with E-state index in [9.17, 15) is 9.50 Å². The average molecular weight is 273 g/mol. The number of halogens is 1. The van der Waals surface area contributed by atoms with Crippen LogP contribution in [0.1, 0.15) is 25.3 Å². The molecule has 0 aliphatic rings. The van der Waals surface area contributed by atoms with E-state index in [4.69, 9.17) is 0 Å². The molecule has 0 saturated heterocycles. The van der Waals surface area contributed by atoms with Crippen LogP contribution in [0.4, 0.5) is 10.1 Å². The van der Waals surface area contributed by atoms with Crippen LogP contribution in [0.2, 0.25) is 0 Å². The summed E-state index contributed by atoms with van der Waals surface area (Å²) in [5, 5.41) is 12.5. The van der Waals surface area contributed by atoms with E-state index in [1.165, 1.54) is 11.6 Å². The molecule has 0 fully saturated rings. The van der Waals surface area contributed by atoms with E-state index in [0.29, 0.717) is 5.69 Å². The minimum atomic E-state index is -0.212. The van der Waals surface area contributed by atoms with Gasteiger partial charge in [-0.3, -0.25) is 0 Å². The molecule has 1 unspecified atom stereocenters. The predicted octanol–water partition coefficient (Wildman–Crippen LogP) is 4.35. The van der Waals surface area contributed by atoms with Crippen molar-refractivity contribution in [3.63, 3.8) is 0 Å². The zero-order valence-electron chi connectivity index (χ0n) is 11.6. The molecule has 0 aliphatic carbocycles. The predicted molar refractivity (Wildman–Crippen MR) is 80.5 cm³/mol. The van der Waals surface area contributed by atoms with Crippen molar-refractivity contribution >= 4 is 5.69 Å². The molecule has 2 rings (SSSR count). The number of phenolic OH excluding ortho intramolecular Hbond substituents is 1. The number of rotatable bonds is 6. The van der Waals surface area contributed by atoms with E-state index in [1.54, 1.807) is 24.3 Å². The molecule has 2 N–H and O–H groups in total. The van der Waals surface area contributed by atoms with Crippen LogP contribution in [0, 0.1) is 5.82 Å². The molecule has 2 nitrogen and oxygen atoms in total. The molecule has 2 aromatic rings. The Morgan fingerprint density at radius 1 is 1.10 bits per heavy atom. The van der Waals surface area contributed by atoms with Gasteiger partial charge in [0, 0.05) is 6.04 Å². The second-order valence-corrected chi connectivity index (χ2v) is 4.93. The van der Waals surface area contributed by atoms with Crippen LogP contribution in [0.5, 0.6) is 5.75 Å². The van der Waals surface area contributed by atoms with Crippen molar-refractivity contribution in [3.05, 3.63) is 59.9 Å². The van der Waals surface area contributed by atoms with E-state index in [2.05, 4.69) is 12.2 Å². The molecule has 0 heterocycles. The zero-order valence-corrected chi connectivity index (χ0v) is 11.6. The SMILES string of the molecule is CCC(CCc1ccc(O)cc1)Nc1ccccc1F. The van der Waals surface area contributed by atoms with Gasteiger partial charge in [0.05, 0.1) is 5.69 Å². The second-order valence-electron chi connectivity index (χ2n) is 4.93. The monoisotopic (exact) mass is 273 g/mol.